The number of rotatable bonds is 4. The van der Waals surface area contributed by atoms with E-state index in [0.717, 1.165) is 5.56 Å². The van der Waals surface area contributed by atoms with Gasteiger partial charge in [0.25, 0.3) is 0 Å². The standard InChI is InChI=1S/C14H18O4/c15-12-7-6-11(14(16)17)8-13(12)18-9-10-4-2-1-3-5-10/h1-5,11-13,15H,6-9H2,(H,16,17). The normalized spacial score (nSPS) is 27.9. The first-order chi connectivity index (χ1) is 8.66. The number of carboxylic acids is 1. The van der Waals surface area contributed by atoms with Gasteiger partial charge < -0.3 is 14.9 Å². The third-order valence-corrected chi connectivity index (χ3v) is 3.41. The number of aliphatic carboxylic acids is 1. The average molecular weight is 250 g/mol. The molecule has 2 rings (SSSR count). The second-order valence-corrected chi connectivity index (χ2v) is 4.75. The number of aliphatic hydroxyl groups excluding tert-OH is 1. The molecule has 4 nitrogen and oxygen atoms in total. The SMILES string of the molecule is O=C(O)C1CCC(O)C(OCc2ccccc2)C1. The minimum absolute atomic E-state index is 0.375. The van der Waals surface area contributed by atoms with Crippen LogP contribution in [0.2, 0.25) is 0 Å². The van der Waals surface area contributed by atoms with Gasteiger partial charge in [0.2, 0.25) is 0 Å². The lowest BCUT2D eigenvalue weighted by atomic mass is 9.85. The molecule has 1 aromatic rings. The molecule has 3 atom stereocenters. The van der Waals surface area contributed by atoms with E-state index in [1.807, 2.05) is 30.3 Å². The summed E-state index contributed by atoms with van der Waals surface area (Å²) in [5.74, 6) is -1.19. The summed E-state index contributed by atoms with van der Waals surface area (Å²) < 4.78 is 5.65. The molecule has 0 heterocycles. The Hall–Kier alpha value is -1.39. The van der Waals surface area contributed by atoms with Gasteiger partial charge in [0.1, 0.15) is 0 Å². The van der Waals surface area contributed by atoms with Crippen molar-refractivity contribution in [3.05, 3.63) is 35.9 Å². The first kappa shape index (κ1) is 13.1. The Morgan fingerprint density at radius 3 is 2.67 bits per heavy atom. The molecule has 0 radical (unpaired) electrons. The van der Waals surface area contributed by atoms with E-state index in [9.17, 15) is 9.90 Å². The van der Waals surface area contributed by atoms with E-state index in [0.29, 0.717) is 25.9 Å². The lowest BCUT2D eigenvalue weighted by molar-refractivity contribution is -0.148. The number of aliphatic hydroxyl groups is 1. The fourth-order valence-electron chi connectivity index (χ4n) is 2.29. The topological polar surface area (TPSA) is 66.8 Å². The molecule has 1 fully saturated rings. The monoisotopic (exact) mass is 250 g/mol. The van der Waals surface area contributed by atoms with E-state index in [2.05, 4.69) is 0 Å². The molecule has 0 spiro atoms. The van der Waals surface area contributed by atoms with Gasteiger partial charge in [-0.25, -0.2) is 0 Å². The predicted molar refractivity (Wildman–Crippen MR) is 66.0 cm³/mol. The smallest absolute Gasteiger partial charge is 0.306 e. The highest BCUT2D eigenvalue weighted by molar-refractivity contribution is 5.70. The second-order valence-electron chi connectivity index (χ2n) is 4.75. The Kier molecular flexibility index (Phi) is 4.33. The van der Waals surface area contributed by atoms with Crippen molar-refractivity contribution in [2.24, 2.45) is 5.92 Å². The number of hydrogen-bond acceptors (Lipinski definition) is 3. The molecular formula is C14H18O4. The Morgan fingerprint density at radius 2 is 2.00 bits per heavy atom. The van der Waals surface area contributed by atoms with E-state index < -0.39 is 18.0 Å². The van der Waals surface area contributed by atoms with Crippen molar-refractivity contribution < 1.29 is 19.7 Å². The molecule has 0 bridgehead atoms. The maximum atomic E-state index is 10.9. The predicted octanol–water partition coefficient (Wildman–Crippen LogP) is 1.82. The number of benzene rings is 1. The summed E-state index contributed by atoms with van der Waals surface area (Å²) in [6, 6.07) is 9.68. The highest BCUT2D eigenvalue weighted by Crippen LogP contribution is 2.27. The van der Waals surface area contributed by atoms with Crippen molar-refractivity contribution in [2.45, 2.75) is 38.1 Å². The van der Waals surface area contributed by atoms with Crippen LogP contribution in [0.15, 0.2) is 30.3 Å². The molecule has 1 aromatic carbocycles. The van der Waals surface area contributed by atoms with Crippen LogP contribution < -0.4 is 0 Å². The Labute approximate surface area is 106 Å². The molecule has 2 N–H and O–H groups in total. The number of carboxylic acid groups (broad SMARTS) is 1. The maximum Gasteiger partial charge on any atom is 0.306 e. The lowest BCUT2D eigenvalue weighted by Gasteiger charge is -2.31. The maximum absolute atomic E-state index is 10.9. The first-order valence-corrected chi connectivity index (χ1v) is 6.23. The minimum Gasteiger partial charge on any atom is -0.481 e. The molecule has 98 valence electrons. The molecule has 1 aliphatic rings. The van der Waals surface area contributed by atoms with Crippen LogP contribution in [0.1, 0.15) is 24.8 Å². The van der Waals surface area contributed by atoms with Gasteiger partial charge in [-0.05, 0) is 24.8 Å². The van der Waals surface area contributed by atoms with Crippen molar-refractivity contribution in [2.75, 3.05) is 0 Å². The van der Waals surface area contributed by atoms with Crippen LogP contribution >= 0.6 is 0 Å². The highest BCUT2D eigenvalue weighted by atomic mass is 16.5. The van der Waals surface area contributed by atoms with E-state index in [4.69, 9.17) is 9.84 Å². The molecule has 0 saturated heterocycles. The molecule has 1 aliphatic carbocycles. The van der Waals surface area contributed by atoms with Gasteiger partial charge >= 0.3 is 5.97 Å². The van der Waals surface area contributed by atoms with Crippen molar-refractivity contribution in [1.29, 1.82) is 0 Å². The van der Waals surface area contributed by atoms with E-state index >= 15 is 0 Å². The van der Waals surface area contributed by atoms with Gasteiger partial charge in [0.05, 0.1) is 24.7 Å². The van der Waals surface area contributed by atoms with Crippen LogP contribution in [-0.4, -0.2) is 28.4 Å². The van der Waals surface area contributed by atoms with E-state index in [-0.39, 0.29) is 6.10 Å². The van der Waals surface area contributed by atoms with Crippen LogP contribution in [0.3, 0.4) is 0 Å². The molecule has 1 saturated carbocycles. The zero-order valence-electron chi connectivity index (χ0n) is 10.2. The summed E-state index contributed by atoms with van der Waals surface area (Å²) in [5.41, 5.74) is 1.03. The zero-order chi connectivity index (χ0) is 13.0. The van der Waals surface area contributed by atoms with Crippen LogP contribution in [0, 0.1) is 5.92 Å². The van der Waals surface area contributed by atoms with Crippen molar-refractivity contribution in [3.8, 4) is 0 Å². The number of carbonyl (C=O) groups is 1. The molecule has 3 unspecified atom stereocenters. The Balaban J connectivity index is 1.89. The van der Waals surface area contributed by atoms with Gasteiger partial charge in [-0.15, -0.1) is 0 Å². The number of hydrogen-bond donors (Lipinski definition) is 2. The van der Waals surface area contributed by atoms with E-state index in [1.54, 1.807) is 0 Å². The average Bonchev–Trinajstić information content (AvgIpc) is 2.38. The molecular weight excluding hydrogens is 232 g/mol. The van der Waals surface area contributed by atoms with Crippen LogP contribution in [0.4, 0.5) is 0 Å². The fourth-order valence-corrected chi connectivity index (χ4v) is 2.29. The fraction of sp³-hybridized carbons (Fsp3) is 0.500. The summed E-state index contributed by atoms with van der Waals surface area (Å²) in [5, 5.41) is 18.8. The summed E-state index contributed by atoms with van der Waals surface area (Å²) in [6.45, 7) is 0.412. The Morgan fingerprint density at radius 1 is 1.28 bits per heavy atom. The van der Waals surface area contributed by atoms with Crippen molar-refractivity contribution in [1.82, 2.24) is 0 Å². The molecule has 0 aliphatic heterocycles. The quantitative estimate of drug-likeness (QED) is 0.855. The second kappa shape index (κ2) is 5.98. The van der Waals surface area contributed by atoms with Gasteiger partial charge in [0, 0.05) is 0 Å². The molecule has 4 heteroatoms. The summed E-state index contributed by atoms with van der Waals surface area (Å²) in [7, 11) is 0. The molecule has 0 aromatic heterocycles. The van der Waals surface area contributed by atoms with Gasteiger partial charge in [-0.3, -0.25) is 4.79 Å². The van der Waals surface area contributed by atoms with E-state index in [1.165, 1.54) is 0 Å². The summed E-state index contributed by atoms with van der Waals surface area (Å²) in [6.07, 6.45) is 0.492. The van der Waals surface area contributed by atoms with Crippen LogP contribution in [0.25, 0.3) is 0 Å². The highest BCUT2D eigenvalue weighted by Gasteiger charge is 2.33. The van der Waals surface area contributed by atoms with Crippen molar-refractivity contribution in [3.63, 3.8) is 0 Å². The molecule has 18 heavy (non-hydrogen) atoms. The third-order valence-electron chi connectivity index (χ3n) is 3.41. The van der Waals surface area contributed by atoms with Gasteiger partial charge in [-0.1, -0.05) is 30.3 Å². The Bertz CT molecular complexity index is 390. The summed E-state index contributed by atoms with van der Waals surface area (Å²) in [4.78, 5) is 10.9. The van der Waals surface area contributed by atoms with Crippen LogP contribution in [0.5, 0.6) is 0 Å². The largest absolute Gasteiger partial charge is 0.481 e. The van der Waals surface area contributed by atoms with Gasteiger partial charge in [-0.2, -0.15) is 0 Å². The lowest BCUT2D eigenvalue weighted by Crippen LogP contribution is -2.38. The van der Waals surface area contributed by atoms with Gasteiger partial charge in [0.15, 0.2) is 0 Å². The van der Waals surface area contributed by atoms with Crippen LogP contribution in [-0.2, 0) is 16.1 Å². The first-order valence-electron chi connectivity index (χ1n) is 6.23. The minimum atomic E-state index is -0.796. The molecule has 0 amide bonds. The zero-order valence-corrected chi connectivity index (χ0v) is 10.2. The third kappa shape index (κ3) is 3.31. The summed E-state index contributed by atoms with van der Waals surface area (Å²) >= 11 is 0. The number of ether oxygens (including phenoxy) is 1. The van der Waals surface area contributed by atoms with Crippen molar-refractivity contribution >= 4 is 5.97 Å².